The van der Waals surface area contributed by atoms with Crippen LogP contribution in [0.2, 0.25) is 10.0 Å². The Morgan fingerprint density at radius 1 is 1.07 bits per heavy atom. The quantitative estimate of drug-likeness (QED) is 0.552. The standard InChI is InChI=1S/C21H21Cl2N3O2/c1-11-6-14-13(10-24-11)7-15(26-21(14)25-9-12-4-5-12)18-19(22)16(27-2)8-17(28-3)20(18)23/h6-8,10,12H,4-5,9H2,1-3H3,(H,25,26). The number of hydrogen-bond donors (Lipinski definition) is 1. The van der Waals surface area contributed by atoms with E-state index < -0.39 is 0 Å². The summed E-state index contributed by atoms with van der Waals surface area (Å²) in [6, 6.07) is 5.65. The van der Waals surface area contributed by atoms with Crippen molar-refractivity contribution in [2.75, 3.05) is 26.1 Å². The molecular formula is C21H21Cl2N3O2. The molecule has 1 saturated carbocycles. The van der Waals surface area contributed by atoms with Crippen LogP contribution in [0.1, 0.15) is 18.5 Å². The first-order valence-corrected chi connectivity index (χ1v) is 9.89. The smallest absolute Gasteiger partial charge is 0.141 e. The van der Waals surface area contributed by atoms with E-state index >= 15 is 0 Å². The Hall–Kier alpha value is -2.24. The van der Waals surface area contributed by atoms with Crippen molar-refractivity contribution >= 4 is 39.8 Å². The number of anilines is 1. The van der Waals surface area contributed by atoms with Crippen molar-refractivity contribution < 1.29 is 9.47 Å². The van der Waals surface area contributed by atoms with Crippen LogP contribution in [0.25, 0.3) is 22.0 Å². The van der Waals surface area contributed by atoms with Crippen LogP contribution in [0.3, 0.4) is 0 Å². The van der Waals surface area contributed by atoms with E-state index in [9.17, 15) is 0 Å². The highest BCUT2D eigenvalue weighted by atomic mass is 35.5. The summed E-state index contributed by atoms with van der Waals surface area (Å²) in [5.74, 6) is 2.48. The molecule has 146 valence electrons. The van der Waals surface area contributed by atoms with E-state index in [0.717, 1.165) is 28.8 Å². The zero-order valence-electron chi connectivity index (χ0n) is 16.0. The lowest BCUT2D eigenvalue weighted by molar-refractivity contribution is 0.395. The molecule has 1 aromatic carbocycles. The Morgan fingerprint density at radius 3 is 2.36 bits per heavy atom. The maximum atomic E-state index is 6.60. The largest absolute Gasteiger partial charge is 0.495 e. The third-order valence-electron chi connectivity index (χ3n) is 4.94. The van der Waals surface area contributed by atoms with Gasteiger partial charge in [0.1, 0.15) is 17.3 Å². The molecule has 0 amide bonds. The molecule has 0 atom stereocenters. The molecule has 0 saturated heterocycles. The number of benzene rings is 1. The summed E-state index contributed by atoms with van der Waals surface area (Å²) in [5, 5.41) is 6.28. The van der Waals surface area contributed by atoms with Crippen molar-refractivity contribution in [1.82, 2.24) is 9.97 Å². The van der Waals surface area contributed by atoms with Gasteiger partial charge in [-0.1, -0.05) is 23.2 Å². The zero-order chi connectivity index (χ0) is 19.8. The first kappa shape index (κ1) is 19.1. The van der Waals surface area contributed by atoms with Gasteiger partial charge in [-0.3, -0.25) is 4.98 Å². The molecule has 3 aromatic rings. The van der Waals surface area contributed by atoms with Gasteiger partial charge in [0.15, 0.2) is 0 Å². The van der Waals surface area contributed by atoms with E-state index in [0.29, 0.717) is 38.7 Å². The van der Waals surface area contributed by atoms with Gasteiger partial charge in [-0.15, -0.1) is 0 Å². The molecule has 2 heterocycles. The van der Waals surface area contributed by atoms with Gasteiger partial charge < -0.3 is 14.8 Å². The Labute approximate surface area is 174 Å². The summed E-state index contributed by atoms with van der Waals surface area (Å²) >= 11 is 13.2. The van der Waals surface area contributed by atoms with Crippen molar-refractivity contribution in [2.24, 2.45) is 5.92 Å². The minimum Gasteiger partial charge on any atom is -0.495 e. The average Bonchev–Trinajstić information content (AvgIpc) is 3.51. The van der Waals surface area contributed by atoms with Crippen molar-refractivity contribution in [3.05, 3.63) is 40.1 Å². The van der Waals surface area contributed by atoms with Gasteiger partial charge in [0.25, 0.3) is 0 Å². The molecule has 4 rings (SSSR count). The van der Waals surface area contributed by atoms with E-state index in [1.807, 2.05) is 25.3 Å². The van der Waals surface area contributed by atoms with Crippen LogP contribution in [-0.4, -0.2) is 30.7 Å². The van der Waals surface area contributed by atoms with Crippen LogP contribution in [0.4, 0.5) is 5.82 Å². The van der Waals surface area contributed by atoms with Gasteiger partial charge >= 0.3 is 0 Å². The molecule has 1 fully saturated rings. The number of hydrogen-bond acceptors (Lipinski definition) is 5. The third-order valence-corrected chi connectivity index (χ3v) is 5.69. The molecule has 2 aromatic heterocycles. The van der Waals surface area contributed by atoms with Crippen LogP contribution >= 0.6 is 23.2 Å². The maximum Gasteiger partial charge on any atom is 0.141 e. The molecule has 0 bridgehead atoms. The topological polar surface area (TPSA) is 56.3 Å². The highest BCUT2D eigenvalue weighted by Gasteiger charge is 2.23. The molecule has 1 N–H and O–H groups in total. The molecule has 28 heavy (non-hydrogen) atoms. The van der Waals surface area contributed by atoms with E-state index in [-0.39, 0.29) is 0 Å². The lowest BCUT2D eigenvalue weighted by atomic mass is 10.1. The molecule has 5 nitrogen and oxygen atoms in total. The summed E-state index contributed by atoms with van der Waals surface area (Å²) in [6.45, 7) is 2.87. The Balaban J connectivity index is 1.92. The second-order valence-electron chi connectivity index (χ2n) is 7.01. The van der Waals surface area contributed by atoms with Crippen LogP contribution in [-0.2, 0) is 0 Å². The number of aryl methyl sites for hydroxylation is 1. The van der Waals surface area contributed by atoms with Crippen LogP contribution in [0.5, 0.6) is 11.5 Å². The highest BCUT2D eigenvalue weighted by molar-refractivity contribution is 6.41. The van der Waals surface area contributed by atoms with E-state index in [1.165, 1.54) is 12.8 Å². The third kappa shape index (κ3) is 3.56. The predicted molar refractivity (Wildman–Crippen MR) is 114 cm³/mol. The van der Waals surface area contributed by atoms with Gasteiger partial charge in [0.2, 0.25) is 0 Å². The summed E-state index contributed by atoms with van der Waals surface area (Å²) in [6.07, 6.45) is 4.36. The number of pyridine rings is 2. The molecule has 0 radical (unpaired) electrons. The minimum absolute atomic E-state index is 0.397. The van der Waals surface area contributed by atoms with Gasteiger partial charge in [-0.05, 0) is 37.8 Å². The van der Waals surface area contributed by atoms with Gasteiger partial charge in [0, 0.05) is 40.8 Å². The Morgan fingerprint density at radius 2 is 1.75 bits per heavy atom. The number of aromatic nitrogens is 2. The van der Waals surface area contributed by atoms with Crippen molar-refractivity contribution in [3.8, 4) is 22.8 Å². The average molecular weight is 418 g/mol. The lowest BCUT2D eigenvalue weighted by Gasteiger charge is -2.16. The van der Waals surface area contributed by atoms with Crippen molar-refractivity contribution in [1.29, 1.82) is 0 Å². The number of nitrogens with one attached hydrogen (secondary N) is 1. The Bertz CT molecular complexity index is 1020. The fourth-order valence-corrected chi connectivity index (χ4v) is 3.88. The molecular weight excluding hydrogens is 397 g/mol. The summed E-state index contributed by atoms with van der Waals surface area (Å²) < 4.78 is 10.8. The fraction of sp³-hybridized carbons (Fsp3) is 0.333. The van der Waals surface area contributed by atoms with E-state index in [1.54, 1.807) is 20.3 Å². The predicted octanol–water partition coefficient (Wildman–Crippen LogP) is 5.75. The lowest BCUT2D eigenvalue weighted by Crippen LogP contribution is -2.06. The molecule has 1 aliphatic carbocycles. The maximum absolute atomic E-state index is 6.60. The molecule has 1 aliphatic rings. The zero-order valence-corrected chi connectivity index (χ0v) is 17.5. The minimum atomic E-state index is 0.397. The highest BCUT2D eigenvalue weighted by Crippen LogP contribution is 2.46. The number of ether oxygens (including phenoxy) is 2. The number of methoxy groups -OCH3 is 2. The SMILES string of the molecule is COc1cc(OC)c(Cl)c(-c2cc3cnc(C)cc3c(NCC3CC3)n2)c1Cl. The van der Waals surface area contributed by atoms with Gasteiger partial charge in [0.05, 0.1) is 30.0 Å². The number of rotatable bonds is 6. The van der Waals surface area contributed by atoms with Gasteiger partial charge in [-0.25, -0.2) is 4.98 Å². The number of nitrogens with zero attached hydrogens (tertiary/aromatic N) is 2. The monoisotopic (exact) mass is 417 g/mol. The number of fused-ring (bicyclic) bond motifs is 1. The molecule has 7 heteroatoms. The van der Waals surface area contributed by atoms with Crippen LogP contribution < -0.4 is 14.8 Å². The van der Waals surface area contributed by atoms with E-state index in [2.05, 4.69) is 10.3 Å². The summed E-state index contributed by atoms with van der Waals surface area (Å²) in [7, 11) is 3.11. The van der Waals surface area contributed by atoms with E-state index in [4.69, 9.17) is 37.7 Å². The first-order valence-electron chi connectivity index (χ1n) is 9.13. The number of halogens is 2. The molecule has 0 spiro atoms. The second-order valence-corrected chi connectivity index (χ2v) is 7.77. The second kappa shape index (κ2) is 7.64. The normalized spacial score (nSPS) is 13.6. The molecule has 0 unspecified atom stereocenters. The summed E-state index contributed by atoms with van der Waals surface area (Å²) in [4.78, 5) is 9.30. The Kier molecular flexibility index (Phi) is 5.21. The fourth-order valence-electron chi connectivity index (χ4n) is 3.19. The first-order chi connectivity index (χ1) is 13.5. The van der Waals surface area contributed by atoms with Crippen LogP contribution in [0, 0.1) is 12.8 Å². The van der Waals surface area contributed by atoms with Crippen LogP contribution in [0.15, 0.2) is 24.4 Å². The summed E-state index contributed by atoms with van der Waals surface area (Å²) in [5.41, 5.74) is 2.16. The van der Waals surface area contributed by atoms with Gasteiger partial charge in [-0.2, -0.15) is 0 Å². The van der Waals surface area contributed by atoms with Crippen molar-refractivity contribution in [2.45, 2.75) is 19.8 Å². The van der Waals surface area contributed by atoms with Crippen molar-refractivity contribution in [3.63, 3.8) is 0 Å². The molecule has 0 aliphatic heterocycles.